The van der Waals surface area contributed by atoms with Crippen LogP contribution in [0, 0.1) is 26.6 Å². The summed E-state index contributed by atoms with van der Waals surface area (Å²) in [4.78, 5) is 24.7. The van der Waals surface area contributed by atoms with Crippen LogP contribution in [-0.4, -0.2) is 43.7 Å². The second-order valence-electron chi connectivity index (χ2n) is 8.44. The van der Waals surface area contributed by atoms with E-state index in [-0.39, 0.29) is 17.5 Å². The van der Waals surface area contributed by atoms with Crippen molar-refractivity contribution in [2.75, 3.05) is 18.4 Å². The highest BCUT2D eigenvalue weighted by molar-refractivity contribution is 7.89. The summed E-state index contributed by atoms with van der Waals surface area (Å²) in [6.07, 6.45) is 2.65. The molecule has 178 valence electrons. The van der Waals surface area contributed by atoms with Gasteiger partial charge in [0.2, 0.25) is 10.0 Å². The van der Waals surface area contributed by atoms with Crippen molar-refractivity contribution in [1.29, 1.82) is 0 Å². The Labute approximate surface area is 194 Å². The molecule has 1 heterocycles. The van der Waals surface area contributed by atoms with Crippen LogP contribution in [0.5, 0.6) is 0 Å². The van der Waals surface area contributed by atoms with Gasteiger partial charge < -0.3 is 10.6 Å². The predicted octanol–water partition coefficient (Wildman–Crippen LogP) is 3.44. The Kier molecular flexibility index (Phi) is 7.86. The molecule has 2 N–H and O–H groups in total. The third-order valence-electron chi connectivity index (χ3n) is 5.99. The normalized spacial score (nSPS) is 16.9. The fraction of sp³-hybridized carbons (Fsp3) is 0.417. The zero-order chi connectivity index (χ0) is 24.2. The first-order valence-corrected chi connectivity index (χ1v) is 12.5. The average Bonchev–Trinajstić information content (AvgIpc) is 2.76. The van der Waals surface area contributed by atoms with Crippen LogP contribution in [0.2, 0.25) is 0 Å². The summed E-state index contributed by atoms with van der Waals surface area (Å²) in [5, 5.41) is 5.24. The molecule has 0 aromatic heterocycles. The van der Waals surface area contributed by atoms with Crippen LogP contribution < -0.4 is 10.6 Å². The maximum atomic E-state index is 13.5. The zero-order valence-corrected chi connectivity index (χ0v) is 20.0. The molecule has 9 heteroatoms. The summed E-state index contributed by atoms with van der Waals surface area (Å²) in [6.45, 7) is 5.80. The summed E-state index contributed by atoms with van der Waals surface area (Å²) >= 11 is 0. The minimum absolute atomic E-state index is 0.0906. The second-order valence-corrected chi connectivity index (χ2v) is 10.3. The van der Waals surface area contributed by atoms with Crippen molar-refractivity contribution in [1.82, 2.24) is 9.62 Å². The molecule has 2 amide bonds. The van der Waals surface area contributed by atoms with Gasteiger partial charge in [-0.1, -0.05) is 24.6 Å². The number of carbonyl (C=O) groups excluding carboxylic acids is 2. The van der Waals surface area contributed by atoms with Gasteiger partial charge in [0.05, 0.1) is 4.90 Å². The molecular weight excluding hydrogens is 445 g/mol. The van der Waals surface area contributed by atoms with Gasteiger partial charge in [-0.05, 0) is 74.9 Å². The number of hydrogen-bond acceptors (Lipinski definition) is 4. The molecule has 1 fully saturated rings. The Hall–Kier alpha value is -2.78. The zero-order valence-electron chi connectivity index (χ0n) is 19.2. The minimum Gasteiger partial charge on any atom is -0.348 e. The fourth-order valence-corrected chi connectivity index (χ4v) is 6.15. The van der Waals surface area contributed by atoms with Gasteiger partial charge in [-0.3, -0.25) is 9.59 Å². The summed E-state index contributed by atoms with van der Waals surface area (Å²) < 4.78 is 41.4. The van der Waals surface area contributed by atoms with E-state index in [2.05, 4.69) is 10.6 Å². The number of nitrogens with zero attached hydrogens (tertiary/aromatic N) is 1. The van der Waals surface area contributed by atoms with Crippen LogP contribution in [0.1, 0.15) is 42.4 Å². The van der Waals surface area contributed by atoms with E-state index in [0.717, 1.165) is 30.0 Å². The molecule has 2 aromatic rings. The molecule has 2 aromatic carbocycles. The number of carbonyl (C=O) groups is 2. The van der Waals surface area contributed by atoms with Gasteiger partial charge in [-0.25, -0.2) is 12.8 Å². The van der Waals surface area contributed by atoms with Gasteiger partial charge in [-0.15, -0.1) is 0 Å². The molecule has 0 radical (unpaired) electrons. The van der Waals surface area contributed by atoms with Gasteiger partial charge >= 0.3 is 11.8 Å². The maximum absolute atomic E-state index is 13.5. The first-order chi connectivity index (χ1) is 15.6. The van der Waals surface area contributed by atoms with Crippen molar-refractivity contribution in [2.45, 2.75) is 57.4 Å². The van der Waals surface area contributed by atoms with Crippen molar-refractivity contribution < 1.29 is 22.4 Å². The lowest BCUT2D eigenvalue weighted by molar-refractivity contribution is -0.136. The number of piperidine rings is 1. The lowest BCUT2D eigenvalue weighted by Crippen LogP contribution is -2.46. The lowest BCUT2D eigenvalue weighted by atomic mass is 10.0. The number of hydrogen-bond donors (Lipinski definition) is 2. The highest BCUT2D eigenvalue weighted by Crippen LogP contribution is 2.29. The topological polar surface area (TPSA) is 95.6 Å². The number of sulfonamides is 1. The van der Waals surface area contributed by atoms with Crippen LogP contribution in [0.3, 0.4) is 0 Å². The molecule has 1 saturated heterocycles. The molecule has 7 nitrogen and oxygen atoms in total. The van der Waals surface area contributed by atoms with Gasteiger partial charge in [-0.2, -0.15) is 4.31 Å². The summed E-state index contributed by atoms with van der Waals surface area (Å²) in [5.74, 6) is -2.01. The number of amides is 2. The Bertz CT molecular complexity index is 1130. The Balaban J connectivity index is 1.62. The average molecular weight is 476 g/mol. The van der Waals surface area contributed by atoms with E-state index >= 15 is 0 Å². The SMILES string of the molecule is Cc1cc(F)ccc1S(=O)(=O)N1CCCC[C@@H]1CCNC(=O)C(=O)Nc1c(C)cccc1C. The van der Waals surface area contributed by atoms with Crippen molar-refractivity contribution >= 4 is 27.5 Å². The molecule has 0 saturated carbocycles. The van der Waals surface area contributed by atoms with Crippen molar-refractivity contribution in [3.05, 3.63) is 58.9 Å². The first-order valence-electron chi connectivity index (χ1n) is 11.0. The van der Waals surface area contributed by atoms with Crippen molar-refractivity contribution in [3.63, 3.8) is 0 Å². The lowest BCUT2D eigenvalue weighted by Gasteiger charge is -2.35. The van der Waals surface area contributed by atoms with Crippen molar-refractivity contribution in [3.8, 4) is 0 Å². The van der Waals surface area contributed by atoms with Crippen LogP contribution in [-0.2, 0) is 19.6 Å². The van der Waals surface area contributed by atoms with E-state index in [0.29, 0.717) is 30.6 Å². The first kappa shape index (κ1) is 24.9. The van der Waals surface area contributed by atoms with E-state index < -0.39 is 27.7 Å². The number of nitrogens with one attached hydrogen (secondary N) is 2. The molecule has 0 unspecified atom stereocenters. The van der Waals surface area contributed by atoms with Crippen LogP contribution in [0.25, 0.3) is 0 Å². The van der Waals surface area contributed by atoms with Crippen LogP contribution in [0.4, 0.5) is 10.1 Å². The molecule has 0 aliphatic carbocycles. The fourth-order valence-electron chi connectivity index (χ4n) is 4.22. The van der Waals surface area contributed by atoms with Crippen molar-refractivity contribution in [2.24, 2.45) is 0 Å². The Morgan fingerprint density at radius 2 is 1.73 bits per heavy atom. The molecule has 1 atom stereocenters. The van der Waals surface area contributed by atoms with Crippen LogP contribution >= 0.6 is 0 Å². The van der Waals surface area contributed by atoms with E-state index in [1.165, 1.54) is 16.4 Å². The monoisotopic (exact) mass is 475 g/mol. The molecule has 33 heavy (non-hydrogen) atoms. The maximum Gasteiger partial charge on any atom is 0.313 e. The molecule has 0 spiro atoms. The third kappa shape index (κ3) is 5.78. The molecular formula is C24H30FN3O4S. The quantitative estimate of drug-likeness (QED) is 0.626. The van der Waals surface area contributed by atoms with E-state index in [9.17, 15) is 22.4 Å². The summed E-state index contributed by atoms with van der Waals surface area (Å²) in [5.41, 5.74) is 2.68. The van der Waals surface area contributed by atoms with Gasteiger partial charge in [0, 0.05) is 24.8 Å². The van der Waals surface area contributed by atoms with E-state index in [1.807, 2.05) is 32.0 Å². The third-order valence-corrected chi connectivity index (χ3v) is 8.10. The summed E-state index contributed by atoms with van der Waals surface area (Å²) in [6, 6.07) is 8.91. The molecule has 1 aliphatic heterocycles. The number of aryl methyl sites for hydroxylation is 3. The molecule has 0 bridgehead atoms. The van der Waals surface area contributed by atoms with Crippen LogP contribution in [0.15, 0.2) is 41.3 Å². The number of anilines is 1. The number of para-hydroxylation sites is 1. The number of rotatable bonds is 6. The number of benzene rings is 2. The Morgan fingerprint density at radius 1 is 1.03 bits per heavy atom. The largest absolute Gasteiger partial charge is 0.348 e. The predicted molar refractivity (Wildman–Crippen MR) is 125 cm³/mol. The highest BCUT2D eigenvalue weighted by Gasteiger charge is 2.34. The molecule has 3 rings (SSSR count). The molecule has 1 aliphatic rings. The second kappa shape index (κ2) is 10.4. The summed E-state index contributed by atoms with van der Waals surface area (Å²) in [7, 11) is -3.80. The van der Waals surface area contributed by atoms with Gasteiger partial charge in [0.1, 0.15) is 5.82 Å². The minimum atomic E-state index is -3.80. The number of halogens is 1. The smallest absolute Gasteiger partial charge is 0.313 e. The Morgan fingerprint density at radius 3 is 2.39 bits per heavy atom. The highest BCUT2D eigenvalue weighted by atomic mass is 32.2. The standard InChI is InChI=1S/C24H30FN3O4S/c1-16-7-6-8-17(2)22(16)27-24(30)23(29)26-13-12-20-9-4-5-14-28(20)33(31,32)21-11-10-19(25)15-18(21)3/h6-8,10-11,15,20H,4-5,9,12-14H2,1-3H3,(H,26,29)(H,27,30)/t20-/m1/s1. The van der Waals surface area contributed by atoms with E-state index in [4.69, 9.17) is 0 Å². The van der Waals surface area contributed by atoms with E-state index in [1.54, 1.807) is 6.92 Å². The van der Waals surface area contributed by atoms with Gasteiger partial charge in [0.25, 0.3) is 0 Å². The van der Waals surface area contributed by atoms with Gasteiger partial charge in [0.15, 0.2) is 0 Å².